The van der Waals surface area contributed by atoms with Crippen molar-refractivity contribution in [2.45, 2.75) is 33.0 Å². The van der Waals surface area contributed by atoms with Gasteiger partial charge in [-0.1, -0.05) is 23.9 Å². The Kier molecular flexibility index (Phi) is 10.1. The molecule has 4 aromatic rings. The first kappa shape index (κ1) is 35.1. The molecule has 0 saturated carbocycles. The summed E-state index contributed by atoms with van der Waals surface area (Å²) in [7, 11) is 0. The van der Waals surface area contributed by atoms with E-state index in [0.717, 1.165) is 28.8 Å². The first-order valence-corrected chi connectivity index (χ1v) is 15.1. The van der Waals surface area contributed by atoms with Crippen LogP contribution in [0.25, 0.3) is 17.1 Å². The molecule has 1 fully saturated rings. The Morgan fingerprint density at radius 1 is 1.02 bits per heavy atom. The van der Waals surface area contributed by atoms with Gasteiger partial charge in [0.1, 0.15) is 18.7 Å². The molecule has 1 saturated heterocycles. The van der Waals surface area contributed by atoms with Crippen LogP contribution in [0.3, 0.4) is 0 Å². The molecule has 0 unspecified atom stereocenters. The lowest BCUT2D eigenvalue weighted by Gasteiger charge is -2.21. The molecular weight excluding hydrogens is 682 g/mol. The van der Waals surface area contributed by atoms with Crippen LogP contribution in [-0.4, -0.2) is 62.6 Å². The summed E-state index contributed by atoms with van der Waals surface area (Å²) in [6, 6.07) is 13.1. The summed E-state index contributed by atoms with van der Waals surface area (Å²) in [6.45, 7) is 1.06. The van der Waals surface area contributed by atoms with Crippen LogP contribution in [0.5, 0.6) is 5.75 Å². The van der Waals surface area contributed by atoms with Crippen LogP contribution in [-0.2, 0) is 16.1 Å². The molecule has 11 nitrogen and oxygen atoms in total. The van der Waals surface area contributed by atoms with Crippen molar-refractivity contribution in [3.05, 3.63) is 83.7 Å². The summed E-state index contributed by atoms with van der Waals surface area (Å²) in [4.78, 5) is 47.9. The number of amidine groups is 1. The van der Waals surface area contributed by atoms with Gasteiger partial charge in [0, 0.05) is 16.7 Å². The summed E-state index contributed by atoms with van der Waals surface area (Å²) in [5.74, 6) is -1.21. The molecule has 0 spiro atoms. The molecule has 18 heteroatoms. The second-order valence-electron chi connectivity index (χ2n) is 10.5. The standard InChI is InChI=1S/C31H24F6N6O5S/c1-17-3-4-20(13-47-15-30(32,33)34)25(11-17)43-26(45)14-49-29(43)40-28(46)39-24-10-5-19(12-23(24)18(2)44)27-38-16-42(41-27)21-6-8-22(9-7-21)48-31(35,36)37/h3-12,16H,13-15H2,1-2H3,(H,39,46)/b40-29-. The van der Waals surface area contributed by atoms with Crippen LogP contribution in [0.2, 0.25) is 0 Å². The number of hydrogen-bond donors (Lipinski definition) is 1. The summed E-state index contributed by atoms with van der Waals surface area (Å²) >= 11 is 0.951. The van der Waals surface area contributed by atoms with E-state index in [4.69, 9.17) is 4.74 Å². The molecule has 3 aromatic carbocycles. The lowest BCUT2D eigenvalue weighted by Crippen LogP contribution is -2.31. The number of aromatic nitrogens is 3. The molecule has 1 N–H and O–H groups in total. The minimum absolute atomic E-state index is 0.0288. The van der Waals surface area contributed by atoms with Gasteiger partial charge in [0.2, 0.25) is 5.91 Å². The average Bonchev–Trinajstić information content (AvgIpc) is 3.64. The first-order chi connectivity index (χ1) is 23.1. The van der Waals surface area contributed by atoms with Gasteiger partial charge in [0.25, 0.3) is 0 Å². The van der Waals surface area contributed by atoms with Gasteiger partial charge < -0.3 is 14.8 Å². The van der Waals surface area contributed by atoms with Gasteiger partial charge >= 0.3 is 18.6 Å². The molecule has 3 amide bonds. The third kappa shape index (κ3) is 9.02. The number of nitrogens with one attached hydrogen (secondary N) is 1. The number of carbonyl (C=O) groups excluding carboxylic acids is 3. The van der Waals surface area contributed by atoms with Crippen LogP contribution in [0.15, 0.2) is 72.0 Å². The van der Waals surface area contributed by atoms with Crippen molar-refractivity contribution in [3.8, 4) is 22.8 Å². The predicted molar refractivity (Wildman–Crippen MR) is 167 cm³/mol. The zero-order chi connectivity index (χ0) is 35.5. The number of aryl methyl sites for hydroxylation is 1. The fraction of sp³-hybridized carbons (Fsp3) is 0.226. The van der Waals surface area contributed by atoms with E-state index in [1.807, 2.05) is 0 Å². The fourth-order valence-corrected chi connectivity index (χ4v) is 5.45. The molecule has 49 heavy (non-hydrogen) atoms. The summed E-state index contributed by atoms with van der Waals surface area (Å²) < 4.78 is 85.4. The number of anilines is 2. The molecule has 1 aliphatic rings. The highest BCUT2D eigenvalue weighted by atomic mass is 32.2. The Morgan fingerprint density at radius 3 is 2.43 bits per heavy atom. The molecule has 1 aromatic heterocycles. The topological polar surface area (TPSA) is 128 Å². The third-order valence-electron chi connectivity index (χ3n) is 6.69. The number of thioether (sulfide) groups is 1. The van der Waals surface area contributed by atoms with Crippen molar-refractivity contribution < 1.29 is 50.2 Å². The number of alkyl halides is 6. The van der Waals surface area contributed by atoms with E-state index >= 15 is 0 Å². The molecule has 1 aliphatic heterocycles. The number of ether oxygens (including phenoxy) is 2. The van der Waals surface area contributed by atoms with Crippen molar-refractivity contribution >= 4 is 46.0 Å². The quantitative estimate of drug-likeness (QED) is 0.144. The number of aliphatic imine (C=N–C) groups is 1. The van der Waals surface area contributed by atoms with Crippen LogP contribution in [0.1, 0.15) is 28.4 Å². The van der Waals surface area contributed by atoms with E-state index in [0.29, 0.717) is 16.8 Å². The SMILES string of the molecule is CC(=O)c1cc(-c2ncn(-c3ccc(OC(F)(F)F)cc3)n2)ccc1NC(=O)/N=C1\SCC(=O)N1c1cc(C)ccc1COCC(F)(F)F. The Hall–Kier alpha value is -5.23. The second-order valence-corrected chi connectivity index (χ2v) is 11.4. The van der Waals surface area contributed by atoms with Gasteiger partial charge in [-0.05, 0) is 67.9 Å². The number of urea groups is 1. The molecule has 0 radical (unpaired) electrons. The Labute approximate surface area is 277 Å². The third-order valence-corrected chi connectivity index (χ3v) is 7.62. The number of carbonyl (C=O) groups is 3. The molecule has 0 bridgehead atoms. The number of amides is 3. The molecule has 256 valence electrons. The maximum absolute atomic E-state index is 13.1. The van der Waals surface area contributed by atoms with Gasteiger partial charge in [-0.25, -0.2) is 14.5 Å². The number of rotatable bonds is 9. The molecule has 2 heterocycles. The zero-order valence-corrected chi connectivity index (χ0v) is 26.2. The van der Waals surface area contributed by atoms with Crippen molar-refractivity contribution in [1.29, 1.82) is 0 Å². The van der Waals surface area contributed by atoms with Crippen LogP contribution >= 0.6 is 11.8 Å². The Morgan fingerprint density at radius 2 is 1.76 bits per heavy atom. The summed E-state index contributed by atoms with van der Waals surface area (Å²) in [6.07, 6.45) is -8.06. The van der Waals surface area contributed by atoms with Crippen molar-refractivity contribution in [3.63, 3.8) is 0 Å². The highest BCUT2D eigenvalue weighted by Gasteiger charge is 2.33. The number of benzene rings is 3. The van der Waals surface area contributed by atoms with E-state index in [2.05, 4.69) is 25.1 Å². The zero-order valence-electron chi connectivity index (χ0n) is 25.4. The summed E-state index contributed by atoms with van der Waals surface area (Å²) in [5.41, 5.74) is 2.11. The van der Waals surface area contributed by atoms with Gasteiger partial charge in [-0.15, -0.1) is 18.3 Å². The largest absolute Gasteiger partial charge is 0.573 e. The Balaban J connectivity index is 1.34. The highest BCUT2D eigenvalue weighted by Crippen LogP contribution is 2.32. The van der Waals surface area contributed by atoms with Gasteiger partial charge in [-0.3, -0.25) is 14.5 Å². The maximum Gasteiger partial charge on any atom is 0.573 e. The fourth-order valence-electron chi connectivity index (χ4n) is 4.60. The smallest absolute Gasteiger partial charge is 0.406 e. The molecule has 5 rings (SSSR count). The van der Waals surface area contributed by atoms with Crippen molar-refractivity contribution in [2.75, 3.05) is 22.6 Å². The average molecular weight is 707 g/mol. The van der Waals surface area contributed by atoms with Gasteiger partial charge in [-0.2, -0.15) is 18.2 Å². The monoisotopic (exact) mass is 706 g/mol. The van der Waals surface area contributed by atoms with Crippen LogP contribution in [0, 0.1) is 6.92 Å². The normalized spacial score (nSPS) is 14.4. The Bertz CT molecular complexity index is 1930. The lowest BCUT2D eigenvalue weighted by molar-refractivity contribution is -0.274. The maximum atomic E-state index is 13.1. The number of halogens is 6. The first-order valence-electron chi connectivity index (χ1n) is 14.1. The van der Waals surface area contributed by atoms with E-state index in [9.17, 15) is 40.7 Å². The number of hydrogen-bond acceptors (Lipinski definition) is 8. The predicted octanol–water partition coefficient (Wildman–Crippen LogP) is 7.09. The number of Topliss-reactive ketones (excluding diaryl/α,β-unsaturated/α-hetero) is 1. The van der Waals surface area contributed by atoms with Gasteiger partial charge in [0.15, 0.2) is 16.8 Å². The number of nitrogens with zero attached hydrogens (tertiary/aromatic N) is 5. The minimum atomic E-state index is -4.84. The van der Waals surface area contributed by atoms with Crippen molar-refractivity contribution in [1.82, 2.24) is 14.8 Å². The molecule has 0 atom stereocenters. The highest BCUT2D eigenvalue weighted by molar-refractivity contribution is 8.15. The van der Waals surface area contributed by atoms with E-state index in [1.165, 1.54) is 54.3 Å². The van der Waals surface area contributed by atoms with Crippen LogP contribution < -0.4 is 15.0 Å². The van der Waals surface area contributed by atoms with E-state index in [1.54, 1.807) is 19.1 Å². The molecule has 0 aliphatic carbocycles. The minimum Gasteiger partial charge on any atom is -0.406 e. The summed E-state index contributed by atoms with van der Waals surface area (Å²) in [5, 5.41) is 6.82. The van der Waals surface area contributed by atoms with E-state index in [-0.39, 0.29) is 39.2 Å². The van der Waals surface area contributed by atoms with Crippen LogP contribution in [0.4, 0.5) is 42.5 Å². The van der Waals surface area contributed by atoms with Crippen molar-refractivity contribution in [2.24, 2.45) is 4.99 Å². The second kappa shape index (κ2) is 14.1. The molecular formula is C31H24F6N6O5S. The lowest BCUT2D eigenvalue weighted by atomic mass is 10.0. The number of ketones is 1. The van der Waals surface area contributed by atoms with E-state index < -0.39 is 49.2 Å². The van der Waals surface area contributed by atoms with Gasteiger partial charge in [0.05, 0.1) is 29.4 Å².